The monoisotopic (exact) mass is 259 g/mol. The minimum absolute atomic E-state index is 0.0205. The Hall–Kier alpha value is -1.18. The molecule has 1 atom stereocenters. The van der Waals surface area contributed by atoms with E-state index in [1.807, 2.05) is 4.90 Å². The van der Waals surface area contributed by atoms with Gasteiger partial charge in [0.1, 0.15) is 6.10 Å². The second kappa shape index (κ2) is 7.30. The van der Waals surface area contributed by atoms with Crippen LogP contribution < -0.4 is 5.73 Å². The standard InChI is InChI=1S/C11H21N3O4/c1-18-9(7-12)11(17)14-4-2-3-13(5-6-14)8-10(15)16/h9H,2-8,12H2,1H3,(H,15,16). The minimum Gasteiger partial charge on any atom is -0.480 e. The van der Waals surface area contributed by atoms with E-state index in [-0.39, 0.29) is 19.0 Å². The van der Waals surface area contributed by atoms with Crippen LogP contribution in [0.4, 0.5) is 0 Å². The average molecular weight is 259 g/mol. The fourth-order valence-electron chi connectivity index (χ4n) is 2.04. The SMILES string of the molecule is COC(CN)C(=O)N1CCCN(CC(=O)O)CC1. The summed E-state index contributed by atoms with van der Waals surface area (Å²) in [5.41, 5.74) is 5.46. The van der Waals surface area contributed by atoms with Gasteiger partial charge in [-0.25, -0.2) is 0 Å². The summed E-state index contributed by atoms with van der Waals surface area (Å²) in [7, 11) is 1.46. The smallest absolute Gasteiger partial charge is 0.317 e. The highest BCUT2D eigenvalue weighted by Gasteiger charge is 2.25. The molecule has 0 saturated carbocycles. The predicted molar refractivity (Wildman–Crippen MR) is 65.1 cm³/mol. The molecule has 1 amide bonds. The molecule has 1 heterocycles. The Morgan fingerprint density at radius 1 is 1.33 bits per heavy atom. The van der Waals surface area contributed by atoms with Crippen LogP contribution in [-0.2, 0) is 14.3 Å². The molecule has 104 valence electrons. The number of carbonyl (C=O) groups excluding carboxylic acids is 1. The number of carbonyl (C=O) groups is 2. The summed E-state index contributed by atoms with van der Waals surface area (Å²) in [6.45, 7) is 2.58. The van der Waals surface area contributed by atoms with Crippen molar-refractivity contribution in [3.8, 4) is 0 Å². The van der Waals surface area contributed by atoms with Gasteiger partial charge in [0, 0.05) is 39.8 Å². The summed E-state index contributed by atoms with van der Waals surface area (Å²) in [6.07, 6.45) is 0.163. The van der Waals surface area contributed by atoms with Crippen molar-refractivity contribution in [1.29, 1.82) is 0 Å². The normalized spacial score (nSPS) is 19.3. The largest absolute Gasteiger partial charge is 0.480 e. The molecule has 1 aliphatic rings. The second-order valence-electron chi connectivity index (χ2n) is 4.31. The maximum absolute atomic E-state index is 12.0. The molecule has 1 saturated heterocycles. The van der Waals surface area contributed by atoms with Crippen molar-refractivity contribution >= 4 is 11.9 Å². The van der Waals surface area contributed by atoms with Gasteiger partial charge in [-0.2, -0.15) is 0 Å². The fourth-order valence-corrected chi connectivity index (χ4v) is 2.04. The van der Waals surface area contributed by atoms with E-state index in [0.29, 0.717) is 26.2 Å². The van der Waals surface area contributed by atoms with Gasteiger partial charge >= 0.3 is 5.97 Å². The van der Waals surface area contributed by atoms with E-state index in [4.69, 9.17) is 15.6 Å². The van der Waals surface area contributed by atoms with Crippen molar-refractivity contribution in [2.75, 3.05) is 46.4 Å². The Morgan fingerprint density at radius 2 is 2.06 bits per heavy atom. The number of hydrogen-bond donors (Lipinski definition) is 2. The molecule has 7 nitrogen and oxygen atoms in total. The molecule has 0 aliphatic carbocycles. The first-order chi connectivity index (χ1) is 8.58. The van der Waals surface area contributed by atoms with Crippen molar-refractivity contribution in [2.45, 2.75) is 12.5 Å². The highest BCUT2D eigenvalue weighted by atomic mass is 16.5. The Bertz CT molecular complexity index is 294. The van der Waals surface area contributed by atoms with Crippen LogP contribution in [0.25, 0.3) is 0 Å². The Labute approximate surface area is 106 Å². The number of rotatable bonds is 5. The van der Waals surface area contributed by atoms with Gasteiger partial charge in [-0.15, -0.1) is 0 Å². The molecule has 0 bridgehead atoms. The first-order valence-electron chi connectivity index (χ1n) is 6.04. The molecule has 0 aromatic heterocycles. The van der Waals surface area contributed by atoms with E-state index in [2.05, 4.69) is 0 Å². The van der Waals surface area contributed by atoms with Gasteiger partial charge < -0.3 is 20.5 Å². The lowest BCUT2D eigenvalue weighted by molar-refractivity contribution is -0.141. The van der Waals surface area contributed by atoms with Crippen LogP contribution in [0.15, 0.2) is 0 Å². The molecule has 1 rings (SSSR count). The van der Waals surface area contributed by atoms with E-state index in [1.165, 1.54) is 7.11 Å². The third-order valence-electron chi connectivity index (χ3n) is 3.03. The van der Waals surface area contributed by atoms with Gasteiger partial charge in [0.05, 0.1) is 6.54 Å². The Balaban J connectivity index is 2.50. The fraction of sp³-hybridized carbons (Fsp3) is 0.818. The first-order valence-corrected chi connectivity index (χ1v) is 6.04. The van der Waals surface area contributed by atoms with Crippen LogP contribution in [-0.4, -0.2) is 79.3 Å². The zero-order valence-corrected chi connectivity index (χ0v) is 10.7. The lowest BCUT2D eigenvalue weighted by atomic mass is 10.3. The van der Waals surface area contributed by atoms with Gasteiger partial charge in [0.15, 0.2) is 0 Å². The van der Waals surface area contributed by atoms with Crippen LogP contribution >= 0.6 is 0 Å². The topological polar surface area (TPSA) is 96.1 Å². The van der Waals surface area contributed by atoms with Crippen molar-refractivity contribution in [1.82, 2.24) is 9.80 Å². The molecule has 7 heteroatoms. The van der Waals surface area contributed by atoms with Gasteiger partial charge in [0.25, 0.3) is 5.91 Å². The van der Waals surface area contributed by atoms with E-state index in [9.17, 15) is 9.59 Å². The number of nitrogens with zero attached hydrogens (tertiary/aromatic N) is 2. The highest BCUT2D eigenvalue weighted by molar-refractivity contribution is 5.81. The lowest BCUT2D eigenvalue weighted by Crippen LogP contribution is -2.45. The number of ether oxygens (including phenoxy) is 1. The molecule has 3 N–H and O–H groups in total. The average Bonchev–Trinajstić information content (AvgIpc) is 2.55. The van der Waals surface area contributed by atoms with E-state index in [0.717, 1.165) is 6.42 Å². The number of carboxylic acid groups (broad SMARTS) is 1. The van der Waals surface area contributed by atoms with Gasteiger partial charge in [-0.05, 0) is 6.42 Å². The molecule has 0 spiro atoms. The summed E-state index contributed by atoms with van der Waals surface area (Å²) in [5, 5.41) is 8.74. The van der Waals surface area contributed by atoms with Crippen LogP contribution in [0.3, 0.4) is 0 Å². The van der Waals surface area contributed by atoms with E-state index in [1.54, 1.807) is 4.90 Å². The lowest BCUT2D eigenvalue weighted by Gasteiger charge is -2.24. The number of hydrogen-bond acceptors (Lipinski definition) is 5. The van der Waals surface area contributed by atoms with Crippen LogP contribution in [0.1, 0.15) is 6.42 Å². The van der Waals surface area contributed by atoms with Crippen molar-refractivity contribution in [3.05, 3.63) is 0 Å². The third-order valence-corrected chi connectivity index (χ3v) is 3.03. The zero-order chi connectivity index (χ0) is 13.5. The van der Waals surface area contributed by atoms with Gasteiger partial charge in [-0.1, -0.05) is 0 Å². The molecule has 0 radical (unpaired) electrons. The van der Waals surface area contributed by atoms with Crippen LogP contribution in [0.2, 0.25) is 0 Å². The maximum atomic E-state index is 12.0. The molecule has 0 aromatic carbocycles. The molecule has 1 unspecified atom stereocenters. The number of methoxy groups -OCH3 is 1. The molecule has 18 heavy (non-hydrogen) atoms. The molecular formula is C11H21N3O4. The van der Waals surface area contributed by atoms with Crippen molar-refractivity contribution in [2.24, 2.45) is 5.73 Å². The number of amides is 1. The predicted octanol–water partition coefficient (Wildman–Crippen LogP) is -1.42. The zero-order valence-electron chi connectivity index (χ0n) is 10.7. The maximum Gasteiger partial charge on any atom is 0.317 e. The highest BCUT2D eigenvalue weighted by Crippen LogP contribution is 2.06. The number of nitrogens with two attached hydrogens (primary N) is 1. The van der Waals surface area contributed by atoms with Gasteiger partial charge in [-0.3, -0.25) is 14.5 Å². The Kier molecular flexibility index (Phi) is 6.03. The first kappa shape index (κ1) is 14.9. The minimum atomic E-state index is -0.841. The van der Waals surface area contributed by atoms with E-state index < -0.39 is 12.1 Å². The van der Waals surface area contributed by atoms with Crippen molar-refractivity contribution < 1.29 is 19.4 Å². The Morgan fingerprint density at radius 3 is 2.61 bits per heavy atom. The van der Waals surface area contributed by atoms with Crippen LogP contribution in [0, 0.1) is 0 Å². The summed E-state index contributed by atoms with van der Waals surface area (Å²) in [5.74, 6) is -0.955. The molecule has 1 aliphatic heterocycles. The summed E-state index contributed by atoms with van der Waals surface area (Å²) in [4.78, 5) is 26.2. The molecule has 1 fully saturated rings. The summed E-state index contributed by atoms with van der Waals surface area (Å²) >= 11 is 0. The molecular weight excluding hydrogens is 238 g/mol. The van der Waals surface area contributed by atoms with Crippen molar-refractivity contribution in [3.63, 3.8) is 0 Å². The van der Waals surface area contributed by atoms with E-state index >= 15 is 0 Å². The molecule has 0 aromatic rings. The number of aliphatic carboxylic acids is 1. The number of carboxylic acids is 1. The third kappa shape index (κ3) is 4.25. The van der Waals surface area contributed by atoms with Crippen LogP contribution in [0.5, 0.6) is 0 Å². The van der Waals surface area contributed by atoms with Gasteiger partial charge in [0.2, 0.25) is 0 Å². The summed E-state index contributed by atoms with van der Waals surface area (Å²) in [6, 6.07) is 0. The summed E-state index contributed by atoms with van der Waals surface area (Å²) < 4.78 is 5.02. The second-order valence-corrected chi connectivity index (χ2v) is 4.31. The quantitative estimate of drug-likeness (QED) is 0.629.